The number of hydrazine groups is 1. The Hall–Kier alpha value is -1.37. The van der Waals surface area contributed by atoms with Crippen LogP contribution in [0.5, 0.6) is 0 Å². The molecule has 0 bridgehead atoms. The maximum Gasteiger partial charge on any atom is 0.123 e. The minimum absolute atomic E-state index is 0.104. The van der Waals surface area contributed by atoms with Crippen molar-refractivity contribution in [2.24, 2.45) is 5.84 Å². The van der Waals surface area contributed by atoms with Gasteiger partial charge in [0.15, 0.2) is 0 Å². The van der Waals surface area contributed by atoms with Crippen molar-refractivity contribution in [3.63, 3.8) is 0 Å². The third-order valence-corrected chi connectivity index (χ3v) is 4.19. The molecule has 0 aliphatic heterocycles. The smallest absolute Gasteiger partial charge is 0.123 e. The molecule has 0 amide bonds. The second-order valence-electron chi connectivity index (χ2n) is 5.17. The van der Waals surface area contributed by atoms with Gasteiger partial charge in [-0.25, -0.2) is 4.39 Å². The van der Waals surface area contributed by atoms with Gasteiger partial charge in [-0.2, -0.15) is 0 Å². The molecule has 6 heteroatoms. The first-order valence-electron chi connectivity index (χ1n) is 6.56. The van der Waals surface area contributed by atoms with Crippen molar-refractivity contribution in [1.82, 2.24) is 15.0 Å². The summed E-state index contributed by atoms with van der Waals surface area (Å²) in [5.41, 5.74) is 5.75. The van der Waals surface area contributed by atoms with Gasteiger partial charge in [-0.15, -0.1) is 5.10 Å². The van der Waals surface area contributed by atoms with Crippen molar-refractivity contribution in [2.75, 3.05) is 0 Å². The highest BCUT2D eigenvalue weighted by Gasteiger charge is 2.21. The number of nitrogens with zero attached hydrogens (tertiary/aromatic N) is 2. The summed E-state index contributed by atoms with van der Waals surface area (Å²) in [6.07, 6.45) is 0.615. The molecule has 0 radical (unpaired) electrons. The zero-order valence-corrected chi connectivity index (χ0v) is 12.7. The summed E-state index contributed by atoms with van der Waals surface area (Å²) in [5, 5.41) is 4.17. The Bertz CT molecular complexity index is 582. The standard InChI is InChI=1S/C14H19FN4S/c1-8(2)13-14(20-19-18-13)12(17-16)7-10-6-11(15)5-4-9(10)3/h4-6,8,12,17H,7,16H2,1-3H3. The summed E-state index contributed by atoms with van der Waals surface area (Å²) in [6.45, 7) is 6.11. The average molecular weight is 294 g/mol. The number of rotatable bonds is 5. The number of aryl methyl sites for hydroxylation is 1. The number of halogens is 1. The number of benzene rings is 1. The van der Waals surface area contributed by atoms with E-state index in [1.54, 1.807) is 12.1 Å². The van der Waals surface area contributed by atoms with Gasteiger partial charge in [-0.05, 0) is 54.1 Å². The highest BCUT2D eigenvalue weighted by molar-refractivity contribution is 7.05. The molecular formula is C14H19FN4S. The topological polar surface area (TPSA) is 63.8 Å². The third kappa shape index (κ3) is 3.20. The van der Waals surface area contributed by atoms with Crippen LogP contribution in [0.2, 0.25) is 0 Å². The number of hydrogen-bond acceptors (Lipinski definition) is 5. The van der Waals surface area contributed by atoms with E-state index in [2.05, 4.69) is 28.9 Å². The maximum atomic E-state index is 13.4. The molecule has 0 aliphatic rings. The molecule has 20 heavy (non-hydrogen) atoms. The van der Waals surface area contributed by atoms with Crippen LogP contribution in [0.15, 0.2) is 18.2 Å². The number of nitrogens with one attached hydrogen (secondary N) is 1. The van der Waals surface area contributed by atoms with Gasteiger partial charge in [0.2, 0.25) is 0 Å². The summed E-state index contributed by atoms with van der Waals surface area (Å²) in [7, 11) is 0. The monoisotopic (exact) mass is 294 g/mol. The van der Waals surface area contributed by atoms with Crippen molar-refractivity contribution in [2.45, 2.75) is 39.2 Å². The molecule has 3 N–H and O–H groups in total. The Kier molecular flexibility index (Phi) is 4.80. The molecule has 1 aromatic carbocycles. The van der Waals surface area contributed by atoms with E-state index in [-0.39, 0.29) is 17.8 Å². The number of nitrogens with two attached hydrogens (primary N) is 1. The van der Waals surface area contributed by atoms with E-state index in [9.17, 15) is 4.39 Å². The second-order valence-corrected chi connectivity index (χ2v) is 5.96. The Morgan fingerprint density at radius 2 is 2.15 bits per heavy atom. The average Bonchev–Trinajstić information content (AvgIpc) is 2.89. The number of hydrogen-bond donors (Lipinski definition) is 2. The third-order valence-electron chi connectivity index (χ3n) is 3.34. The SMILES string of the molecule is Cc1ccc(F)cc1CC(NN)c1snnc1C(C)C. The van der Waals surface area contributed by atoms with Crippen LogP contribution in [0.3, 0.4) is 0 Å². The normalized spacial score (nSPS) is 12.9. The van der Waals surface area contributed by atoms with E-state index in [1.807, 2.05) is 6.92 Å². The van der Waals surface area contributed by atoms with E-state index in [4.69, 9.17) is 5.84 Å². The molecule has 2 rings (SSSR count). The second kappa shape index (κ2) is 6.39. The van der Waals surface area contributed by atoms with Crippen LogP contribution in [-0.2, 0) is 6.42 Å². The van der Waals surface area contributed by atoms with Crippen LogP contribution in [0.25, 0.3) is 0 Å². The fourth-order valence-electron chi connectivity index (χ4n) is 2.15. The molecule has 4 nitrogen and oxygen atoms in total. The Morgan fingerprint density at radius 1 is 1.40 bits per heavy atom. The molecule has 0 saturated heterocycles. The molecule has 2 aromatic rings. The van der Waals surface area contributed by atoms with Crippen LogP contribution in [0.1, 0.15) is 47.5 Å². The minimum Gasteiger partial charge on any atom is -0.271 e. The van der Waals surface area contributed by atoms with Gasteiger partial charge >= 0.3 is 0 Å². The first-order chi connectivity index (χ1) is 9.52. The fraction of sp³-hybridized carbons (Fsp3) is 0.429. The van der Waals surface area contributed by atoms with Gasteiger partial charge in [0, 0.05) is 0 Å². The zero-order valence-electron chi connectivity index (χ0n) is 11.9. The van der Waals surface area contributed by atoms with Crippen LogP contribution in [-0.4, -0.2) is 9.59 Å². The van der Waals surface area contributed by atoms with Gasteiger partial charge in [-0.1, -0.05) is 24.4 Å². The van der Waals surface area contributed by atoms with Crippen LogP contribution in [0, 0.1) is 12.7 Å². The highest BCUT2D eigenvalue weighted by atomic mass is 32.1. The molecular weight excluding hydrogens is 275 g/mol. The van der Waals surface area contributed by atoms with Crippen molar-refractivity contribution >= 4 is 11.5 Å². The van der Waals surface area contributed by atoms with E-state index in [1.165, 1.54) is 17.6 Å². The van der Waals surface area contributed by atoms with Gasteiger partial charge in [-0.3, -0.25) is 11.3 Å². The predicted molar refractivity (Wildman–Crippen MR) is 78.9 cm³/mol. The lowest BCUT2D eigenvalue weighted by atomic mass is 9.98. The summed E-state index contributed by atoms with van der Waals surface area (Å²) >= 11 is 1.34. The van der Waals surface area contributed by atoms with E-state index < -0.39 is 0 Å². The summed E-state index contributed by atoms with van der Waals surface area (Å²) < 4.78 is 17.4. The maximum absolute atomic E-state index is 13.4. The minimum atomic E-state index is -0.229. The molecule has 0 aliphatic carbocycles. The molecule has 0 saturated carbocycles. The first-order valence-corrected chi connectivity index (χ1v) is 7.33. The van der Waals surface area contributed by atoms with E-state index in [0.29, 0.717) is 6.42 Å². The molecule has 1 unspecified atom stereocenters. The summed E-state index contributed by atoms with van der Waals surface area (Å²) in [6, 6.07) is 4.71. The zero-order chi connectivity index (χ0) is 14.7. The number of aromatic nitrogens is 2. The Morgan fingerprint density at radius 3 is 2.80 bits per heavy atom. The summed E-state index contributed by atoms with van der Waals surface area (Å²) in [5.74, 6) is 5.73. The van der Waals surface area contributed by atoms with E-state index in [0.717, 1.165) is 21.7 Å². The fourth-order valence-corrected chi connectivity index (χ4v) is 3.02. The lowest BCUT2D eigenvalue weighted by Gasteiger charge is -2.17. The van der Waals surface area contributed by atoms with Crippen molar-refractivity contribution in [1.29, 1.82) is 0 Å². The van der Waals surface area contributed by atoms with Crippen molar-refractivity contribution < 1.29 is 4.39 Å². The quantitative estimate of drug-likeness (QED) is 0.657. The van der Waals surface area contributed by atoms with Gasteiger partial charge in [0.05, 0.1) is 16.6 Å². The van der Waals surface area contributed by atoms with Crippen molar-refractivity contribution in [3.05, 3.63) is 45.7 Å². The van der Waals surface area contributed by atoms with E-state index >= 15 is 0 Å². The first kappa shape index (κ1) is 15.0. The predicted octanol–water partition coefficient (Wildman–Crippen LogP) is 2.86. The lowest BCUT2D eigenvalue weighted by Crippen LogP contribution is -2.30. The van der Waals surface area contributed by atoms with Crippen LogP contribution in [0.4, 0.5) is 4.39 Å². The van der Waals surface area contributed by atoms with Crippen LogP contribution < -0.4 is 11.3 Å². The summed E-state index contributed by atoms with van der Waals surface area (Å²) in [4.78, 5) is 1.02. The van der Waals surface area contributed by atoms with Crippen molar-refractivity contribution in [3.8, 4) is 0 Å². The van der Waals surface area contributed by atoms with Gasteiger partial charge in [0.1, 0.15) is 5.82 Å². The molecule has 1 heterocycles. The Labute approximate surface area is 122 Å². The molecule has 108 valence electrons. The largest absolute Gasteiger partial charge is 0.271 e. The van der Waals surface area contributed by atoms with Gasteiger partial charge in [0.25, 0.3) is 0 Å². The molecule has 1 aromatic heterocycles. The molecule has 1 atom stereocenters. The van der Waals surface area contributed by atoms with Gasteiger partial charge < -0.3 is 0 Å². The highest BCUT2D eigenvalue weighted by Crippen LogP contribution is 2.29. The Balaban J connectivity index is 2.29. The molecule has 0 fully saturated rings. The van der Waals surface area contributed by atoms with Crippen LogP contribution >= 0.6 is 11.5 Å². The lowest BCUT2D eigenvalue weighted by molar-refractivity contribution is 0.546. The molecule has 0 spiro atoms.